The van der Waals surface area contributed by atoms with E-state index in [1.54, 1.807) is 0 Å². The Balaban J connectivity index is 1.89. The van der Waals surface area contributed by atoms with E-state index in [0.29, 0.717) is 19.6 Å². The lowest BCUT2D eigenvalue weighted by atomic mass is 10.1. The van der Waals surface area contributed by atoms with Crippen molar-refractivity contribution < 1.29 is 23.0 Å². The number of carbonyl (C=O) groups is 1. The van der Waals surface area contributed by atoms with E-state index < -0.39 is 20.6 Å². The van der Waals surface area contributed by atoms with Crippen LogP contribution in [0.25, 0.3) is 0 Å². The molecule has 1 amide bonds. The highest BCUT2D eigenvalue weighted by Crippen LogP contribution is 2.26. The molecule has 0 aliphatic carbocycles. The Hall–Kier alpha value is -2.04. The van der Waals surface area contributed by atoms with Crippen molar-refractivity contribution in [2.24, 2.45) is 0 Å². The zero-order valence-corrected chi connectivity index (χ0v) is 17.9. The van der Waals surface area contributed by atoms with E-state index in [0.717, 1.165) is 30.6 Å². The Labute approximate surface area is 172 Å². The first-order valence-corrected chi connectivity index (χ1v) is 11.6. The summed E-state index contributed by atoms with van der Waals surface area (Å²) >= 11 is 0. The molecule has 1 aliphatic rings. The maximum absolute atomic E-state index is 12.8. The van der Waals surface area contributed by atoms with Gasteiger partial charge in [0, 0.05) is 12.1 Å². The maximum atomic E-state index is 12.8. The third-order valence-electron chi connectivity index (χ3n) is 5.17. The molecule has 1 saturated heterocycles. The first-order chi connectivity index (χ1) is 13.8. The average Bonchev–Trinajstić information content (AvgIpc) is 2.68. The second-order valence-electron chi connectivity index (χ2n) is 7.52. The van der Waals surface area contributed by atoms with Crippen molar-refractivity contribution in [3.63, 3.8) is 0 Å². The van der Waals surface area contributed by atoms with E-state index in [1.807, 2.05) is 6.92 Å². The monoisotopic (exact) mass is 427 g/mol. The van der Waals surface area contributed by atoms with Gasteiger partial charge in [0.15, 0.2) is 11.4 Å². The summed E-state index contributed by atoms with van der Waals surface area (Å²) in [5.74, 6) is -0.0287. The second-order valence-corrected chi connectivity index (χ2v) is 9.43. The van der Waals surface area contributed by atoms with Crippen LogP contribution in [0, 0.1) is 10.1 Å². The number of piperazine rings is 1. The van der Waals surface area contributed by atoms with Gasteiger partial charge in [-0.15, -0.1) is 0 Å². The molecule has 0 bridgehead atoms. The molecule has 29 heavy (non-hydrogen) atoms. The van der Waals surface area contributed by atoms with Crippen molar-refractivity contribution >= 4 is 21.6 Å². The summed E-state index contributed by atoms with van der Waals surface area (Å²) in [6.07, 6.45) is 4.34. The third-order valence-corrected chi connectivity index (χ3v) is 7.11. The van der Waals surface area contributed by atoms with Crippen LogP contribution in [0.15, 0.2) is 29.2 Å². The lowest BCUT2D eigenvalue weighted by Gasteiger charge is -2.31. The van der Waals surface area contributed by atoms with Crippen LogP contribution in [-0.4, -0.2) is 62.3 Å². The number of benzene rings is 1. The smallest absolute Gasteiger partial charge is 0.289 e. The molecule has 162 valence electrons. The summed E-state index contributed by atoms with van der Waals surface area (Å²) in [5.41, 5.74) is -0.418. The number of nitro benzene ring substituents is 1. The number of hydrogen-bond acceptors (Lipinski definition) is 5. The summed E-state index contributed by atoms with van der Waals surface area (Å²) in [6, 6.07) is 5.52. The van der Waals surface area contributed by atoms with E-state index in [1.165, 1.54) is 28.6 Å². The summed E-state index contributed by atoms with van der Waals surface area (Å²) < 4.78 is 27.0. The predicted octanol–water partition coefficient (Wildman–Crippen LogP) is 0.569. The quantitative estimate of drug-likeness (QED) is 0.322. The van der Waals surface area contributed by atoms with Gasteiger partial charge in [0.1, 0.15) is 0 Å². The van der Waals surface area contributed by atoms with Crippen molar-refractivity contribution in [2.45, 2.75) is 50.5 Å². The van der Waals surface area contributed by atoms with Crippen molar-refractivity contribution in [1.82, 2.24) is 9.62 Å². The molecule has 1 fully saturated rings. The molecule has 1 aliphatic heterocycles. The fourth-order valence-electron chi connectivity index (χ4n) is 3.51. The molecule has 1 aromatic rings. The van der Waals surface area contributed by atoms with Gasteiger partial charge in [-0.05, 0) is 19.4 Å². The van der Waals surface area contributed by atoms with Crippen LogP contribution < -0.4 is 10.2 Å². The predicted molar refractivity (Wildman–Crippen MR) is 109 cm³/mol. The highest BCUT2D eigenvalue weighted by Gasteiger charge is 2.35. The molecule has 0 aromatic heterocycles. The fourth-order valence-corrected chi connectivity index (χ4v) is 5.11. The number of unbranched alkanes of at least 4 members (excludes halogenated alkanes) is 2. The molecule has 2 rings (SSSR count). The van der Waals surface area contributed by atoms with Gasteiger partial charge in [-0.2, -0.15) is 4.31 Å². The molecule has 1 heterocycles. The SMILES string of the molecule is CCCCC[C@H](C)NC(=O)C[NH+]1CCN(S(=O)(=O)c2ccccc2[N+](=O)[O-])CC1. The van der Waals surface area contributed by atoms with Gasteiger partial charge in [-0.3, -0.25) is 14.9 Å². The summed E-state index contributed by atoms with van der Waals surface area (Å²) in [5, 5.41) is 14.2. The molecule has 0 spiro atoms. The van der Waals surface area contributed by atoms with Crippen LogP contribution in [0.5, 0.6) is 0 Å². The van der Waals surface area contributed by atoms with Gasteiger partial charge >= 0.3 is 0 Å². The van der Waals surface area contributed by atoms with Crippen LogP contribution in [0.2, 0.25) is 0 Å². The zero-order valence-electron chi connectivity index (χ0n) is 17.1. The second kappa shape index (κ2) is 10.7. The molecule has 9 nitrogen and oxygen atoms in total. The van der Waals surface area contributed by atoms with E-state index in [2.05, 4.69) is 12.2 Å². The van der Waals surface area contributed by atoms with Crippen molar-refractivity contribution in [2.75, 3.05) is 32.7 Å². The number of nitro groups is 1. The number of quaternary nitrogens is 1. The van der Waals surface area contributed by atoms with Gasteiger partial charge in [-0.25, -0.2) is 8.42 Å². The summed E-state index contributed by atoms with van der Waals surface area (Å²) in [6.45, 7) is 5.86. The van der Waals surface area contributed by atoms with Crippen LogP contribution >= 0.6 is 0 Å². The van der Waals surface area contributed by atoms with E-state index >= 15 is 0 Å². The highest BCUT2D eigenvalue weighted by molar-refractivity contribution is 7.89. The fraction of sp³-hybridized carbons (Fsp3) is 0.632. The van der Waals surface area contributed by atoms with Crippen LogP contribution in [-0.2, 0) is 14.8 Å². The number of para-hydroxylation sites is 1. The number of hydrogen-bond donors (Lipinski definition) is 2. The molecular weight excluding hydrogens is 396 g/mol. The summed E-state index contributed by atoms with van der Waals surface area (Å²) in [7, 11) is -3.94. The van der Waals surface area contributed by atoms with Crippen molar-refractivity contribution in [1.29, 1.82) is 0 Å². The molecular formula is C19H31N4O5S+. The van der Waals surface area contributed by atoms with Gasteiger partial charge in [-0.1, -0.05) is 38.3 Å². The van der Waals surface area contributed by atoms with Crippen LogP contribution in [0.1, 0.15) is 39.5 Å². The number of nitrogens with one attached hydrogen (secondary N) is 2. The van der Waals surface area contributed by atoms with Gasteiger partial charge in [0.05, 0.1) is 31.1 Å². The Morgan fingerprint density at radius 2 is 1.93 bits per heavy atom. The average molecular weight is 428 g/mol. The topological polar surface area (TPSA) is 114 Å². The number of nitrogens with zero attached hydrogens (tertiary/aromatic N) is 2. The van der Waals surface area contributed by atoms with Gasteiger partial charge in [0.25, 0.3) is 11.6 Å². The Bertz CT molecular complexity index is 807. The van der Waals surface area contributed by atoms with Crippen LogP contribution in [0.3, 0.4) is 0 Å². The number of amides is 1. The Kier molecular flexibility index (Phi) is 8.54. The van der Waals surface area contributed by atoms with E-state index in [9.17, 15) is 23.3 Å². The van der Waals surface area contributed by atoms with Crippen molar-refractivity contribution in [3.8, 4) is 0 Å². The molecule has 1 aromatic carbocycles. The lowest BCUT2D eigenvalue weighted by molar-refractivity contribution is -0.895. The number of carbonyl (C=O) groups excluding carboxylic acids is 1. The first-order valence-electron chi connectivity index (χ1n) is 10.1. The lowest BCUT2D eigenvalue weighted by Crippen LogP contribution is -3.15. The molecule has 0 saturated carbocycles. The number of sulfonamides is 1. The zero-order chi connectivity index (χ0) is 21.4. The molecule has 0 radical (unpaired) electrons. The summed E-state index contributed by atoms with van der Waals surface area (Å²) in [4.78, 5) is 23.5. The molecule has 0 unspecified atom stereocenters. The largest absolute Gasteiger partial charge is 0.349 e. The number of rotatable bonds is 10. The van der Waals surface area contributed by atoms with Crippen molar-refractivity contribution in [3.05, 3.63) is 34.4 Å². The minimum atomic E-state index is -3.94. The molecule has 2 N–H and O–H groups in total. The van der Waals surface area contributed by atoms with Gasteiger partial charge < -0.3 is 10.2 Å². The minimum absolute atomic E-state index is 0.0287. The van der Waals surface area contributed by atoms with E-state index in [-0.39, 0.29) is 29.9 Å². The Morgan fingerprint density at radius 3 is 2.55 bits per heavy atom. The molecule has 1 atom stereocenters. The first kappa shape index (κ1) is 23.2. The Morgan fingerprint density at radius 1 is 1.28 bits per heavy atom. The minimum Gasteiger partial charge on any atom is -0.349 e. The standard InChI is InChI=1S/C19H30N4O5S/c1-3-4-5-8-16(2)20-19(24)15-21-11-13-22(14-12-21)29(27,28)18-10-7-6-9-17(18)23(25)26/h6-7,9-10,16H,3-5,8,11-15H2,1-2H3,(H,20,24)/p+1/t16-/m0/s1. The van der Waals surface area contributed by atoms with Gasteiger partial charge in [0.2, 0.25) is 10.0 Å². The normalized spacial score (nSPS) is 17.0. The third kappa shape index (κ3) is 6.48. The maximum Gasteiger partial charge on any atom is 0.289 e. The van der Waals surface area contributed by atoms with Crippen LogP contribution in [0.4, 0.5) is 5.69 Å². The molecule has 10 heteroatoms. The van der Waals surface area contributed by atoms with E-state index in [4.69, 9.17) is 0 Å². The highest BCUT2D eigenvalue weighted by atomic mass is 32.2.